The Hall–Kier alpha value is -3.86. The number of anilines is 2. The molecular weight excluding hydrogens is 432 g/mol. The molecule has 1 aromatic carbocycles. The second kappa shape index (κ2) is 11.5. The molecule has 3 N–H and O–H groups in total. The van der Waals surface area contributed by atoms with Crippen molar-refractivity contribution in [3.05, 3.63) is 59.4 Å². The average molecular weight is 457 g/mol. The molecule has 1 aromatic heterocycles. The lowest BCUT2D eigenvalue weighted by Crippen LogP contribution is -2.29. The maximum absolute atomic E-state index is 12.1. The fraction of sp³-hybridized carbons (Fsp3) is 0.238. The van der Waals surface area contributed by atoms with E-state index in [0.717, 1.165) is 11.4 Å². The van der Waals surface area contributed by atoms with Crippen molar-refractivity contribution in [1.29, 1.82) is 0 Å². The number of guanidine groups is 1. The molecule has 0 bridgehead atoms. The lowest BCUT2D eigenvalue weighted by Gasteiger charge is -2.14. The predicted octanol–water partition coefficient (Wildman–Crippen LogP) is 2.61. The predicted molar refractivity (Wildman–Crippen MR) is 126 cm³/mol. The lowest BCUT2D eigenvalue weighted by atomic mass is 10.1. The Morgan fingerprint density at radius 2 is 1.59 bits per heavy atom. The zero-order valence-corrected chi connectivity index (χ0v) is 19.0. The van der Waals surface area contributed by atoms with Crippen molar-refractivity contribution in [3.63, 3.8) is 0 Å². The summed E-state index contributed by atoms with van der Waals surface area (Å²) < 4.78 is 9.54. The topological polar surface area (TPSA) is 127 Å². The summed E-state index contributed by atoms with van der Waals surface area (Å²) in [5.74, 6) is -0.788. The number of nitrogens with zero attached hydrogens (tertiary/aromatic N) is 3. The summed E-state index contributed by atoms with van der Waals surface area (Å²) in [4.78, 5) is 37.1. The summed E-state index contributed by atoms with van der Waals surface area (Å²) in [6.45, 7) is 7.71. The van der Waals surface area contributed by atoms with E-state index in [4.69, 9.17) is 21.7 Å². The number of aryl methyl sites for hydroxylation is 2. The van der Waals surface area contributed by atoms with Crippen molar-refractivity contribution in [3.8, 4) is 0 Å². The molecule has 2 aromatic rings. The number of methoxy groups -OCH3 is 2. The fourth-order valence-electron chi connectivity index (χ4n) is 2.58. The Balaban J connectivity index is 2.46. The number of carbonyl (C=O) groups is 2. The first kappa shape index (κ1) is 24.4. The number of hydrogen-bond donors (Lipinski definition) is 3. The molecule has 10 nitrogen and oxygen atoms in total. The van der Waals surface area contributed by atoms with Crippen molar-refractivity contribution in [2.45, 2.75) is 13.8 Å². The molecule has 0 aliphatic carbocycles. The van der Waals surface area contributed by atoms with Crippen LogP contribution in [0.25, 0.3) is 0 Å². The van der Waals surface area contributed by atoms with Gasteiger partial charge in [-0.25, -0.2) is 19.6 Å². The minimum atomic E-state index is -0.619. The highest BCUT2D eigenvalue weighted by Gasteiger charge is 2.15. The Kier molecular flexibility index (Phi) is 8.78. The van der Waals surface area contributed by atoms with Crippen molar-refractivity contribution >= 4 is 46.9 Å². The Bertz CT molecular complexity index is 1020. The van der Waals surface area contributed by atoms with Crippen LogP contribution in [0.1, 0.15) is 32.1 Å². The van der Waals surface area contributed by atoms with Gasteiger partial charge in [-0.15, -0.1) is 6.58 Å². The van der Waals surface area contributed by atoms with Crippen LogP contribution in [0.15, 0.2) is 41.9 Å². The van der Waals surface area contributed by atoms with Crippen molar-refractivity contribution in [2.24, 2.45) is 4.99 Å². The first-order chi connectivity index (χ1) is 15.2. The number of aromatic nitrogens is 2. The Morgan fingerprint density at radius 3 is 2.09 bits per heavy atom. The standard InChI is InChI=1S/C21H24N6O4S/c1-6-7-22-21(32)27-20(26-19-23-12(2)8-13(3)24-19)25-16-10-14(17(28)30-4)9-15(11-16)18(29)31-5/h6,8-11H,1,7H2,2-5H3,(H3,22,23,24,25,26,27,32). The number of esters is 2. The first-order valence-corrected chi connectivity index (χ1v) is 9.82. The highest BCUT2D eigenvalue weighted by Crippen LogP contribution is 2.17. The minimum absolute atomic E-state index is 0.146. The number of rotatable bonds is 6. The van der Waals surface area contributed by atoms with E-state index in [1.54, 1.807) is 6.08 Å². The van der Waals surface area contributed by atoms with E-state index in [9.17, 15) is 9.59 Å². The summed E-state index contributed by atoms with van der Waals surface area (Å²) >= 11 is 5.24. The van der Waals surface area contributed by atoms with Gasteiger partial charge in [0.15, 0.2) is 5.11 Å². The average Bonchev–Trinajstić information content (AvgIpc) is 2.75. The van der Waals surface area contributed by atoms with Crippen LogP contribution in [-0.4, -0.2) is 53.7 Å². The monoisotopic (exact) mass is 456 g/mol. The summed E-state index contributed by atoms with van der Waals surface area (Å²) in [6.07, 6.45) is 1.64. The molecule has 0 aliphatic heterocycles. The van der Waals surface area contributed by atoms with Crippen LogP contribution in [-0.2, 0) is 9.47 Å². The third kappa shape index (κ3) is 7.13. The Labute approximate surface area is 191 Å². The van der Waals surface area contributed by atoms with Crippen LogP contribution in [0.3, 0.4) is 0 Å². The zero-order chi connectivity index (χ0) is 23.7. The lowest BCUT2D eigenvalue weighted by molar-refractivity contribution is 0.0599. The van der Waals surface area contributed by atoms with Gasteiger partial charge in [-0.05, 0) is 50.3 Å². The normalized spacial score (nSPS) is 10.7. The van der Waals surface area contributed by atoms with Gasteiger partial charge in [-0.1, -0.05) is 6.08 Å². The SMILES string of the molecule is C=CCNC(=S)/N=C(\Nc1cc(C(=O)OC)cc(C(=O)OC)c1)Nc1nc(C)cc(C)n1. The number of thiocarbonyl (C=S) groups is 1. The third-order valence-electron chi connectivity index (χ3n) is 3.86. The number of hydrogen-bond acceptors (Lipinski definition) is 7. The van der Waals surface area contributed by atoms with Gasteiger partial charge in [0.25, 0.3) is 0 Å². The van der Waals surface area contributed by atoms with E-state index in [2.05, 4.69) is 37.5 Å². The van der Waals surface area contributed by atoms with E-state index < -0.39 is 11.9 Å². The molecule has 0 saturated carbocycles. The molecular formula is C21H24N6O4S. The van der Waals surface area contributed by atoms with Gasteiger partial charge in [0.2, 0.25) is 11.9 Å². The van der Waals surface area contributed by atoms with Gasteiger partial charge in [0, 0.05) is 23.6 Å². The second-order valence-corrected chi connectivity index (χ2v) is 6.83. The molecule has 0 unspecified atom stereocenters. The van der Waals surface area contributed by atoms with Crippen LogP contribution in [0.2, 0.25) is 0 Å². The molecule has 0 atom stereocenters. The Morgan fingerprint density at radius 1 is 1.03 bits per heavy atom. The van der Waals surface area contributed by atoms with Crippen LogP contribution in [0.5, 0.6) is 0 Å². The highest BCUT2D eigenvalue weighted by molar-refractivity contribution is 7.80. The summed E-state index contributed by atoms with van der Waals surface area (Å²) in [7, 11) is 2.49. The minimum Gasteiger partial charge on any atom is -0.465 e. The van der Waals surface area contributed by atoms with Crippen molar-refractivity contribution < 1.29 is 19.1 Å². The molecule has 168 valence electrons. The number of ether oxygens (including phenoxy) is 2. The van der Waals surface area contributed by atoms with Gasteiger partial charge < -0.3 is 20.1 Å². The quantitative estimate of drug-likeness (QED) is 0.196. The molecule has 0 radical (unpaired) electrons. The molecule has 0 saturated heterocycles. The van der Waals surface area contributed by atoms with Crippen LogP contribution in [0.4, 0.5) is 11.6 Å². The number of nitrogens with one attached hydrogen (secondary N) is 3. The van der Waals surface area contributed by atoms with Crippen LogP contribution in [0, 0.1) is 13.8 Å². The summed E-state index contributed by atoms with van der Waals surface area (Å²) in [5, 5.41) is 9.03. The number of carbonyl (C=O) groups excluding carboxylic acids is 2. The smallest absolute Gasteiger partial charge is 0.337 e. The van der Waals surface area contributed by atoms with Crippen LogP contribution < -0.4 is 16.0 Å². The summed E-state index contributed by atoms with van der Waals surface area (Å²) in [6, 6.07) is 6.20. The van der Waals surface area contributed by atoms with Gasteiger partial charge in [0.1, 0.15) is 0 Å². The zero-order valence-electron chi connectivity index (χ0n) is 18.2. The molecule has 0 spiro atoms. The molecule has 0 aliphatic rings. The van der Waals surface area contributed by atoms with E-state index in [1.807, 2.05) is 19.9 Å². The summed E-state index contributed by atoms with van der Waals surface area (Å²) in [5.41, 5.74) is 2.16. The van der Waals surface area contributed by atoms with Crippen molar-refractivity contribution in [1.82, 2.24) is 15.3 Å². The third-order valence-corrected chi connectivity index (χ3v) is 4.10. The van der Waals surface area contributed by atoms with E-state index in [1.165, 1.54) is 32.4 Å². The van der Waals surface area contributed by atoms with E-state index in [-0.39, 0.29) is 28.1 Å². The maximum Gasteiger partial charge on any atom is 0.337 e. The van der Waals surface area contributed by atoms with Gasteiger partial charge in [-0.2, -0.15) is 4.99 Å². The fourth-order valence-corrected chi connectivity index (χ4v) is 2.76. The number of aliphatic imine (C=N–C) groups is 1. The molecule has 32 heavy (non-hydrogen) atoms. The first-order valence-electron chi connectivity index (χ1n) is 9.41. The highest BCUT2D eigenvalue weighted by atomic mass is 32.1. The maximum atomic E-state index is 12.1. The second-order valence-electron chi connectivity index (χ2n) is 6.44. The van der Waals surface area contributed by atoms with Crippen LogP contribution >= 0.6 is 12.2 Å². The molecule has 0 amide bonds. The molecule has 1 heterocycles. The van der Waals surface area contributed by atoms with E-state index in [0.29, 0.717) is 12.2 Å². The number of benzene rings is 1. The van der Waals surface area contributed by atoms with Crippen molar-refractivity contribution in [2.75, 3.05) is 31.4 Å². The molecule has 2 rings (SSSR count). The molecule has 11 heteroatoms. The van der Waals surface area contributed by atoms with E-state index >= 15 is 0 Å². The largest absolute Gasteiger partial charge is 0.465 e. The van der Waals surface area contributed by atoms with Gasteiger partial charge >= 0.3 is 11.9 Å². The molecule has 0 fully saturated rings. The van der Waals surface area contributed by atoms with Gasteiger partial charge in [0.05, 0.1) is 25.3 Å². The van der Waals surface area contributed by atoms with Gasteiger partial charge in [-0.3, -0.25) is 5.32 Å².